The normalized spacial score (nSPS) is 11.6. The summed E-state index contributed by atoms with van der Waals surface area (Å²) in [6.07, 6.45) is 0. The zero-order valence-electron chi connectivity index (χ0n) is 10.2. The van der Waals surface area contributed by atoms with Crippen molar-refractivity contribution in [3.8, 4) is 0 Å². The first kappa shape index (κ1) is 12.7. The van der Waals surface area contributed by atoms with Gasteiger partial charge < -0.3 is 5.32 Å². The maximum absolute atomic E-state index is 12.8. The van der Waals surface area contributed by atoms with Crippen molar-refractivity contribution < 1.29 is 9.18 Å². The number of rotatable bonds is 3. The molecule has 0 aromatic heterocycles. The van der Waals surface area contributed by atoms with Crippen LogP contribution in [-0.2, 0) is 10.2 Å². The van der Waals surface area contributed by atoms with Crippen molar-refractivity contribution in [2.24, 2.45) is 0 Å². The van der Waals surface area contributed by atoms with Crippen LogP contribution in [0.15, 0.2) is 24.3 Å². The number of carbonyl (C=O) groups is 1. The number of amides is 1. The van der Waals surface area contributed by atoms with E-state index in [-0.39, 0.29) is 17.8 Å². The molecule has 2 nitrogen and oxygen atoms in total. The van der Waals surface area contributed by atoms with E-state index in [2.05, 4.69) is 5.32 Å². The molecule has 0 unspecified atom stereocenters. The summed E-state index contributed by atoms with van der Waals surface area (Å²) in [4.78, 5) is 12.0. The summed E-state index contributed by atoms with van der Waals surface area (Å²) in [6, 6.07) is 6.15. The Bertz CT molecular complexity index is 368. The third-order valence-electron chi connectivity index (χ3n) is 2.55. The molecule has 1 amide bonds. The minimum atomic E-state index is -0.641. The Morgan fingerprint density at radius 3 is 2.19 bits per heavy atom. The summed E-state index contributed by atoms with van der Waals surface area (Å²) in [5.41, 5.74) is 0.171. The fraction of sp³-hybridized carbons (Fsp3) is 0.462. The fourth-order valence-corrected chi connectivity index (χ4v) is 1.44. The molecule has 1 rings (SSSR count). The van der Waals surface area contributed by atoms with Crippen LogP contribution >= 0.6 is 0 Å². The summed E-state index contributed by atoms with van der Waals surface area (Å²) in [6.45, 7) is 7.49. The van der Waals surface area contributed by atoms with Crippen molar-refractivity contribution in [3.05, 3.63) is 35.6 Å². The van der Waals surface area contributed by atoms with Gasteiger partial charge in [0.05, 0.1) is 5.41 Å². The highest BCUT2D eigenvalue weighted by Crippen LogP contribution is 2.23. The molecule has 16 heavy (non-hydrogen) atoms. The van der Waals surface area contributed by atoms with Gasteiger partial charge in [-0.05, 0) is 45.4 Å². The first-order valence-electron chi connectivity index (χ1n) is 5.41. The van der Waals surface area contributed by atoms with Gasteiger partial charge in [0.25, 0.3) is 0 Å². The standard InChI is InChI=1S/C13H18FNO/c1-9(2)15-12(16)13(3,4)10-5-7-11(14)8-6-10/h5-9H,1-4H3,(H,15,16). The maximum atomic E-state index is 12.8. The third kappa shape index (κ3) is 2.81. The molecular weight excluding hydrogens is 205 g/mol. The molecule has 1 N–H and O–H groups in total. The van der Waals surface area contributed by atoms with Crippen LogP contribution in [0.1, 0.15) is 33.3 Å². The Morgan fingerprint density at radius 1 is 1.25 bits per heavy atom. The second-order valence-electron chi connectivity index (χ2n) is 4.76. The highest BCUT2D eigenvalue weighted by molar-refractivity contribution is 5.87. The number of nitrogens with one attached hydrogen (secondary N) is 1. The molecular formula is C13H18FNO. The molecule has 0 atom stereocenters. The van der Waals surface area contributed by atoms with Gasteiger partial charge in [-0.2, -0.15) is 0 Å². The van der Waals surface area contributed by atoms with Gasteiger partial charge in [0.2, 0.25) is 5.91 Å². The summed E-state index contributed by atoms with van der Waals surface area (Å²) in [5.74, 6) is -0.335. The largest absolute Gasteiger partial charge is 0.353 e. The smallest absolute Gasteiger partial charge is 0.230 e. The van der Waals surface area contributed by atoms with E-state index < -0.39 is 5.41 Å². The Morgan fingerprint density at radius 2 is 1.75 bits per heavy atom. The fourth-order valence-electron chi connectivity index (χ4n) is 1.44. The van der Waals surface area contributed by atoms with Crippen LogP contribution in [0, 0.1) is 5.82 Å². The zero-order chi connectivity index (χ0) is 12.3. The molecule has 0 fully saturated rings. The van der Waals surface area contributed by atoms with E-state index >= 15 is 0 Å². The van der Waals surface area contributed by atoms with E-state index in [0.29, 0.717) is 0 Å². The molecule has 1 aromatic rings. The van der Waals surface area contributed by atoms with Crippen LogP contribution in [0.5, 0.6) is 0 Å². The molecule has 1 aromatic carbocycles. The predicted octanol–water partition coefficient (Wildman–Crippen LogP) is 2.63. The van der Waals surface area contributed by atoms with Crippen LogP contribution in [0.2, 0.25) is 0 Å². The average Bonchev–Trinajstić information content (AvgIpc) is 2.17. The second kappa shape index (κ2) is 4.64. The lowest BCUT2D eigenvalue weighted by Crippen LogP contribution is -2.43. The minimum absolute atomic E-state index is 0.0471. The molecule has 3 heteroatoms. The Hall–Kier alpha value is -1.38. The quantitative estimate of drug-likeness (QED) is 0.838. The number of carbonyl (C=O) groups excluding carboxylic acids is 1. The highest BCUT2D eigenvalue weighted by atomic mass is 19.1. The number of benzene rings is 1. The molecule has 0 spiro atoms. The van der Waals surface area contributed by atoms with Crippen LogP contribution in [0.3, 0.4) is 0 Å². The monoisotopic (exact) mass is 223 g/mol. The predicted molar refractivity (Wildman–Crippen MR) is 62.7 cm³/mol. The Kier molecular flexibility index (Phi) is 3.68. The first-order chi connectivity index (χ1) is 7.34. The molecule has 88 valence electrons. The van der Waals surface area contributed by atoms with Crippen LogP contribution in [-0.4, -0.2) is 11.9 Å². The van der Waals surface area contributed by atoms with Gasteiger partial charge in [0, 0.05) is 6.04 Å². The van der Waals surface area contributed by atoms with Gasteiger partial charge in [-0.25, -0.2) is 4.39 Å². The number of hydrogen-bond acceptors (Lipinski definition) is 1. The van der Waals surface area contributed by atoms with E-state index in [4.69, 9.17) is 0 Å². The van der Waals surface area contributed by atoms with Crippen molar-refractivity contribution in [2.75, 3.05) is 0 Å². The molecule has 0 aliphatic carbocycles. The average molecular weight is 223 g/mol. The van der Waals surface area contributed by atoms with Gasteiger partial charge in [-0.1, -0.05) is 12.1 Å². The Balaban J connectivity index is 2.92. The maximum Gasteiger partial charge on any atom is 0.230 e. The molecule has 0 heterocycles. The Labute approximate surface area is 95.9 Å². The second-order valence-corrected chi connectivity index (χ2v) is 4.76. The van der Waals surface area contributed by atoms with Gasteiger partial charge in [-0.3, -0.25) is 4.79 Å². The summed E-state index contributed by atoms with van der Waals surface area (Å²) < 4.78 is 12.8. The van der Waals surface area contributed by atoms with E-state index in [1.165, 1.54) is 12.1 Å². The van der Waals surface area contributed by atoms with E-state index in [1.807, 2.05) is 27.7 Å². The lowest BCUT2D eigenvalue weighted by atomic mass is 9.83. The highest BCUT2D eigenvalue weighted by Gasteiger charge is 2.29. The summed E-state index contributed by atoms with van der Waals surface area (Å²) in [5, 5.41) is 2.86. The van der Waals surface area contributed by atoms with E-state index in [9.17, 15) is 9.18 Å². The SMILES string of the molecule is CC(C)NC(=O)C(C)(C)c1ccc(F)cc1. The minimum Gasteiger partial charge on any atom is -0.353 e. The summed E-state index contributed by atoms with van der Waals surface area (Å²) in [7, 11) is 0. The van der Waals surface area contributed by atoms with Crippen LogP contribution in [0.25, 0.3) is 0 Å². The topological polar surface area (TPSA) is 29.1 Å². The molecule has 0 radical (unpaired) electrons. The molecule has 0 aliphatic heterocycles. The van der Waals surface area contributed by atoms with Crippen molar-refractivity contribution in [3.63, 3.8) is 0 Å². The van der Waals surface area contributed by atoms with Crippen molar-refractivity contribution in [1.29, 1.82) is 0 Å². The van der Waals surface area contributed by atoms with Gasteiger partial charge in [0.1, 0.15) is 5.82 Å². The molecule has 0 saturated heterocycles. The third-order valence-corrected chi connectivity index (χ3v) is 2.55. The van der Waals surface area contributed by atoms with Gasteiger partial charge >= 0.3 is 0 Å². The van der Waals surface area contributed by atoms with Crippen LogP contribution in [0.4, 0.5) is 4.39 Å². The van der Waals surface area contributed by atoms with Crippen molar-refractivity contribution in [1.82, 2.24) is 5.32 Å². The molecule has 0 aliphatic rings. The summed E-state index contributed by atoms with van der Waals surface area (Å²) >= 11 is 0. The lowest BCUT2D eigenvalue weighted by molar-refractivity contribution is -0.126. The lowest BCUT2D eigenvalue weighted by Gasteiger charge is -2.25. The van der Waals surface area contributed by atoms with Crippen LogP contribution < -0.4 is 5.32 Å². The number of halogens is 1. The zero-order valence-corrected chi connectivity index (χ0v) is 10.2. The van der Waals surface area contributed by atoms with Crippen molar-refractivity contribution in [2.45, 2.75) is 39.2 Å². The van der Waals surface area contributed by atoms with E-state index in [0.717, 1.165) is 5.56 Å². The number of hydrogen-bond donors (Lipinski definition) is 1. The first-order valence-corrected chi connectivity index (χ1v) is 5.41. The van der Waals surface area contributed by atoms with Gasteiger partial charge in [-0.15, -0.1) is 0 Å². The molecule has 0 saturated carbocycles. The van der Waals surface area contributed by atoms with E-state index in [1.54, 1.807) is 12.1 Å². The molecule has 0 bridgehead atoms. The van der Waals surface area contributed by atoms with Crippen molar-refractivity contribution >= 4 is 5.91 Å². The van der Waals surface area contributed by atoms with Gasteiger partial charge in [0.15, 0.2) is 0 Å².